The van der Waals surface area contributed by atoms with Crippen LogP contribution in [0.2, 0.25) is 0 Å². The number of halogens is 3. The van der Waals surface area contributed by atoms with Gasteiger partial charge in [-0.3, -0.25) is 0 Å². The van der Waals surface area contributed by atoms with Gasteiger partial charge < -0.3 is 14.1 Å². The SMILES string of the molecule is C=Nc1noc(C)c1S(=O)(=O)N1C(c2ccc(C(F)(F)F)cc2)=NOC2OC21. The molecule has 1 fully saturated rings. The van der Waals surface area contributed by atoms with Crippen LogP contribution in [-0.4, -0.2) is 43.0 Å². The zero-order chi connectivity index (χ0) is 20.3. The molecule has 148 valence electrons. The van der Waals surface area contributed by atoms with E-state index in [1.807, 2.05) is 0 Å². The van der Waals surface area contributed by atoms with Crippen LogP contribution in [0.3, 0.4) is 0 Å². The van der Waals surface area contributed by atoms with Gasteiger partial charge in [-0.2, -0.15) is 13.2 Å². The van der Waals surface area contributed by atoms with E-state index in [1.54, 1.807) is 0 Å². The summed E-state index contributed by atoms with van der Waals surface area (Å²) in [7, 11) is -4.35. The molecule has 3 heterocycles. The molecule has 4 rings (SSSR count). The van der Waals surface area contributed by atoms with Crippen LogP contribution >= 0.6 is 0 Å². The average Bonchev–Trinajstić information content (AvgIpc) is 3.33. The van der Waals surface area contributed by atoms with Crippen molar-refractivity contribution in [2.75, 3.05) is 0 Å². The number of oxime groups is 1. The summed E-state index contributed by atoms with van der Waals surface area (Å²) in [6.45, 7) is 4.62. The number of aromatic nitrogens is 1. The summed E-state index contributed by atoms with van der Waals surface area (Å²) in [5.74, 6) is -0.547. The van der Waals surface area contributed by atoms with Crippen LogP contribution in [0.15, 0.2) is 43.8 Å². The maximum atomic E-state index is 13.2. The van der Waals surface area contributed by atoms with Crippen LogP contribution in [0.1, 0.15) is 16.9 Å². The van der Waals surface area contributed by atoms with Gasteiger partial charge in [-0.25, -0.2) is 17.7 Å². The molecule has 2 aliphatic heterocycles. The number of hydrogen-bond acceptors (Lipinski definition) is 8. The molecule has 1 aromatic heterocycles. The first kappa shape index (κ1) is 18.4. The highest BCUT2D eigenvalue weighted by Crippen LogP contribution is 2.40. The maximum Gasteiger partial charge on any atom is 0.416 e. The second-order valence-corrected chi connectivity index (χ2v) is 7.59. The quantitative estimate of drug-likeness (QED) is 0.559. The summed E-state index contributed by atoms with van der Waals surface area (Å²) in [4.78, 5) is 8.19. The third-order valence-electron chi connectivity index (χ3n) is 4.04. The number of rotatable bonds is 4. The van der Waals surface area contributed by atoms with E-state index in [9.17, 15) is 21.6 Å². The molecule has 0 aliphatic carbocycles. The number of sulfonamides is 1. The molecule has 0 saturated carbocycles. The van der Waals surface area contributed by atoms with E-state index in [-0.39, 0.29) is 27.9 Å². The van der Waals surface area contributed by atoms with Crippen molar-refractivity contribution < 1.29 is 35.7 Å². The minimum atomic E-state index is -4.54. The number of hydrogen-bond donors (Lipinski definition) is 0. The summed E-state index contributed by atoms with van der Waals surface area (Å²) in [6, 6.07) is 3.79. The topological polar surface area (TPSA) is 110 Å². The standard InChI is InChI=1S/C15H11F3N4O5S/c1-7-10(11(19-2)20-26-7)28(23,24)22-12(21-27-14-13(22)25-14)8-3-5-9(6-4-8)15(16,17)18/h3-6,13-14H,2H2,1H3. The Labute approximate surface area is 156 Å². The van der Waals surface area contributed by atoms with E-state index in [0.717, 1.165) is 28.6 Å². The molecule has 0 bridgehead atoms. The lowest BCUT2D eigenvalue weighted by Gasteiger charge is -2.25. The van der Waals surface area contributed by atoms with E-state index >= 15 is 0 Å². The molecular weight excluding hydrogens is 405 g/mol. The highest BCUT2D eigenvalue weighted by atomic mass is 32.2. The van der Waals surface area contributed by atoms with Crippen LogP contribution in [0.25, 0.3) is 0 Å². The van der Waals surface area contributed by atoms with Crippen LogP contribution in [0, 0.1) is 6.92 Å². The predicted molar refractivity (Wildman–Crippen MR) is 87.2 cm³/mol. The van der Waals surface area contributed by atoms with Gasteiger partial charge in [0.15, 0.2) is 16.5 Å². The molecule has 0 radical (unpaired) electrons. The molecule has 1 saturated heterocycles. The molecule has 28 heavy (non-hydrogen) atoms. The Morgan fingerprint density at radius 3 is 2.54 bits per heavy atom. The van der Waals surface area contributed by atoms with Crippen molar-refractivity contribution in [3.63, 3.8) is 0 Å². The van der Waals surface area contributed by atoms with Gasteiger partial charge in [-0.05, 0) is 25.8 Å². The van der Waals surface area contributed by atoms with Crippen molar-refractivity contribution in [1.29, 1.82) is 0 Å². The lowest BCUT2D eigenvalue weighted by atomic mass is 10.1. The molecule has 13 heteroatoms. The highest BCUT2D eigenvalue weighted by Gasteiger charge is 2.57. The molecule has 0 amide bonds. The normalized spacial score (nSPS) is 21.6. The molecule has 9 nitrogen and oxygen atoms in total. The fraction of sp³-hybridized carbons (Fsp3) is 0.267. The Hall–Kier alpha value is -2.93. The first-order valence-electron chi connectivity index (χ1n) is 7.69. The van der Waals surface area contributed by atoms with E-state index in [4.69, 9.17) is 14.1 Å². The van der Waals surface area contributed by atoms with Gasteiger partial charge in [-0.1, -0.05) is 22.4 Å². The van der Waals surface area contributed by atoms with Gasteiger partial charge >= 0.3 is 6.18 Å². The number of aryl methyl sites for hydroxylation is 1. The molecule has 0 N–H and O–H groups in total. The summed E-state index contributed by atoms with van der Waals surface area (Å²) in [5.41, 5.74) is -0.815. The second kappa shape index (κ2) is 6.04. The second-order valence-electron chi connectivity index (χ2n) is 5.84. The maximum absolute atomic E-state index is 13.2. The van der Waals surface area contributed by atoms with Gasteiger partial charge in [0, 0.05) is 5.56 Å². The minimum absolute atomic E-state index is 0.0436. The molecule has 2 unspecified atom stereocenters. The number of amidine groups is 1. The number of alkyl halides is 3. The van der Waals surface area contributed by atoms with Crippen molar-refractivity contribution >= 4 is 28.4 Å². The number of ether oxygens (including phenoxy) is 1. The number of benzene rings is 1. The van der Waals surface area contributed by atoms with Gasteiger partial charge in [0.1, 0.15) is 0 Å². The molecule has 0 spiro atoms. The van der Waals surface area contributed by atoms with Crippen LogP contribution < -0.4 is 0 Å². The van der Waals surface area contributed by atoms with Crippen molar-refractivity contribution in [3.8, 4) is 0 Å². The predicted octanol–water partition coefficient (Wildman–Crippen LogP) is 2.40. The summed E-state index contributed by atoms with van der Waals surface area (Å²) in [5, 5.41) is 7.24. The molecule has 2 atom stereocenters. The van der Waals surface area contributed by atoms with Crippen LogP contribution in [-0.2, 0) is 25.8 Å². The van der Waals surface area contributed by atoms with Gasteiger partial charge in [0.05, 0.1) is 5.56 Å². The van der Waals surface area contributed by atoms with Crippen molar-refractivity contribution in [2.45, 2.75) is 30.5 Å². The molecule has 2 aromatic rings. The number of aliphatic imine (C=N–C) groups is 1. The fourth-order valence-electron chi connectivity index (χ4n) is 2.68. The zero-order valence-corrected chi connectivity index (χ0v) is 14.9. The largest absolute Gasteiger partial charge is 0.416 e. The van der Waals surface area contributed by atoms with Crippen molar-refractivity contribution in [2.24, 2.45) is 10.1 Å². The summed E-state index contributed by atoms with van der Waals surface area (Å²) < 4.78 is 75.7. The summed E-state index contributed by atoms with van der Waals surface area (Å²) in [6.07, 6.45) is -6.50. The third kappa shape index (κ3) is 2.82. The third-order valence-corrected chi connectivity index (χ3v) is 5.93. The fourth-order valence-corrected chi connectivity index (χ4v) is 4.40. The Bertz CT molecular complexity index is 1080. The average molecular weight is 416 g/mol. The lowest BCUT2D eigenvalue weighted by Crippen LogP contribution is -2.43. The molecule has 1 aromatic carbocycles. The Balaban J connectivity index is 1.79. The highest BCUT2D eigenvalue weighted by molar-refractivity contribution is 7.90. The van der Waals surface area contributed by atoms with Crippen LogP contribution in [0.4, 0.5) is 19.0 Å². The molecular formula is C15H11F3N4O5S. The number of epoxide rings is 1. The monoisotopic (exact) mass is 416 g/mol. The Morgan fingerprint density at radius 2 is 1.93 bits per heavy atom. The van der Waals surface area contributed by atoms with E-state index in [2.05, 4.69) is 22.0 Å². The van der Waals surface area contributed by atoms with Crippen molar-refractivity contribution in [3.05, 3.63) is 41.2 Å². The van der Waals surface area contributed by atoms with Gasteiger partial charge in [0.2, 0.25) is 12.0 Å². The minimum Gasteiger partial charge on any atom is -0.358 e. The Morgan fingerprint density at radius 1 is 1.25 bits per heavy atom. The van der Waals surface area contributed by atoms with Crippen LogP contribution in [0.5, 0.6) is 0 Å². The first-order valence-corrected chi connectivity index (χ1v) is 9.13. The lowest BCUT2D eigenvalue weighted by molar-refractivity contribution is -0.137. The van der Waals surface area contributed by atoms with E-state index in [1.165, 1.54) is 6.92 Å². The smallest absolute Gasteiger partial charge is 0.358 e. The number of fused-ring (bicyclic) bond motifs is 1. The van der Waals surface area contributed by atoms with E-state index < -0.39 is 34.3 Å². The number of nitrogens with zero attached hydrogens (tertiary/aromatic N) is 4. The molecule has 2 aliphatic rings. The first-order chi connectivity index (χ1) is 13.1. The van der Waals surface area contributed by atoms with Crippen molar-refractivity contribution in [1.82, 2.24) is 9.46 Å². The van der Waals surface area contributed by atoms with Gasteiger partial charge in [0.25, 0.3) is 16.3 Å². The Kier molecular flexibility index (Phi) is 3.97. The van der Waals surface area contributed by atoms with Gasteiger partial charge in [-0.15, -0.1) is 0 Å². The summed E-state index contributed by atoms with van der Waals surface area (Å²) >= 11 is 0. The zero-order valence-electron chi connectivity index (χ0n) is 14.0. The van der Waals surface area contributed by atoms with E-state index in [0.29, 0.717) is 0 Å².